The summed E-state index contributed by atoms with van der Waals surface area (Å²) in [5.41, 5.74) is 2.34. The molecule has 0 amide bonds. The van der Waals surface area contributed by atoms with E-state index in [9.17, 15) is 4.79 Å². The fourth-order valence-corrected chi connectivity index (χ4v) is 1.58. The monoisotopic (exact) mass is 192 g/mol. The molecule has 1 aromatic rings. The summed E-state index contributed by atoms with van der Waals surface area (Å²) in [6.45, 7) is 2.03. The third-order valence-corrected chi connectivity index (χ3v) is 2.27. The first-order chi connectivity index (χ1) is 6.79. The molecule has 2 heteroatoms. The van der Waals surface area contributed by atoms with E-state index in [2.05, 4.69) is 6.07 Å². The Morgan fingerprint density at radius 1 is 1.43 bits per heavy atom. The topological polar surface area (TPSA) is 26.3 Å². The second kappa shape index (κ2) is 5.43. The maximum absolute atomic E-state index is 10.2. The molecular weight excluding hydrogens is 176 g/mol. The fourth-order valence-electron chi connectivity index (χ4n) is 1.58. The molecule has 76 valence electrons. The normalized spacial score (nSPS) is 9.86. The van der Waals surface area contributed by atoms with Crippen molar-refractivity contribution < 1.29 is 9.53 Å². The van der Waals surface area contributed by atoms with Gasteiger partial charge in [-0.1, -0.05) is 18.2 Å². The van der Waals surface area contributed by atoms with Gasteiger partial charge in [-0.05, 0) is 30.9 Å². The Kier molecular flexibility index (Phi) is 4.17. The predicted octanol–water partition coefficient (Wildman–Crippen LogP) is 2.53. The summed E-state index contributed by atoms with van der Waals surface area (Å²) in [6, 6.07) is 6.10. The third kappa shape index (κ3) is 2.59. The van der Waals surface area contributed by atoms with Crippen molar-refractivity contribution in [3.05, 3.63) is 29.3 Å². The van der Waals surface area contributed by atoms with Crippen molar-refractivity contribution in [3.63, 3.8) is 0 Å². The van der Waals surface area contributed by atoms with E-state index in [0.717, 1.165) is 30.4 Å². The highest BCUT2D eigenvalue weighted by atomic mass is 16.5. The van der Waals surface area contributed by atoms with Gasteiger partial charge in [-0.2, -0.15) is 0 Å². The summed E-state index contributed by atoms with van der Waals surface area (Å²) in [5.74, 6) is 0.957. The maximum Gasteiger partial charge on any atom is 0.124 e. The molecule has 0 aliphatic heterocycles. The van der Waals surface area contributed by atoms with Gasteiger partial charge in [0.15, 0.2) is 0 Å². The number of benzene rings is 1. The molecule has 0 saturated heterocycles. The summed E-state index contributed by atoms with van der Waals surface area (Å²) < 4.78 is 5.32. The Labute approximate surface area is 84.9 Å². The molecule has 0 aliphatic rings. The number of rotatable bonds is 5. The Morgan fingerprint density at radius 3 is 2.86 bits per heavy atom. The molecule has 0 unspecified atom stereocenters. The van der Waals surface area contributed by atoms with Gasteiger partial charge in [0, 0.05) is 6.42 Å². The molecular formula is C12H16O2. The van der Waals surface area contributed by atoms with Gasteiger partial charge in [0.1, 0.15) is 12.0 Å². The number of carbonyl (C=O) groups excluding carboxylic acids is 1. The first-order valence-corrected chi connectivity index (χ1v) is 4.85. The van der Waals surface area contributed by atoms with Crippen LogP contribution in [0.1, 0.15) is 24.0 Å². The van der Waals surface area contributed by atoms with E-state index in [0.29, 0.717) is 6.42 Å². The van der Waals surface area contributed by atoms with Gasteiger partial charge < -0.3 is 9.53 Å². The number of ether oxygens (including phenoxy) is 1. The molecule has 1 aromatic carbocycles. The van der Waals surface area contributed by atoms with Crippen LogP contribution in [0.2, 0.25) is 0 Å². The van der Waals surface area contributed by atoms with Gasteiger partial charge in [0.2, 0.25) is 0 Å². The number of carbonyl (C=O) groups is 1. The zero-order valence-electron chi connectivity index (χ0n) is 8.75. The van der Waals surface area contributed by atoms with Gasteiger partial charge >= 0.3 is 0 Å². The molecule has 0 fully saturated rings. The summed E-state index contributed by atoms with van der Waals surface area (Å²) in [6.07, 6.45) is 3.38. The third-order valence-electron chi connectivity index (χ3n) is 2.27. The quantitative estimate of drug-likeness (QED) is 0.529. The minimum Gasteiger partial charge on any atom is -0.496 e. The van der Waals surface area contributed by atoms with E-state index >= 15 is 0 Å². The van der Waals surface area contributed by atoms with Crippen LogP contribution in [0.4, 0.5) is 0 Å². The van der Waals surface area contributed by atoms with Crippen molar-refractivity contribution in [2.45, 2.75) is 26.2 Å². The molecule has 1 rings (SSSR count). The zero-order chi connectivity index (χ0) is 10.4. The van der Waals surface area contributed by atoms with E-state index in [1.165, 1.54) is 5.56 Å². The van der Waals surface area contributed by atoms with E-state index < -0.39 is 0 Å². The second-order valence-corrected chi connectivity index (χ2v) is 3.33. The largest absolute Gasteiger partial charge is 0.496 e. The Hall–Kier alpha value is -1.31. The lowest BCUT2D eigenvalue weighted by Crippen LogP contribution is -1.95. The van der Waals surface area contributed by atoms with Crippen molar-refractivity contribution in [3.8, 4) is 5.75 Å². The maximum atomic E-state index is 10.2. The van der Waals surface area contributed by atoms with Crippen molar-refractivity contribution in [1.29, 1.82) is 0 Å². The number of methoxy groups -OCH3 is 1. The lowest BCUT2D eigenvalue weighted by atomic mass is 10.0. The number of para-hydroxylation sites is 1. The SMILES string of the molecule is COc1c(C)cccc1CCCC=O. The highest BCUT2D eigenvalue weighted by Crippen LogP contribution is 2.24. The highest BCUT2D eigenvalue weighted by Gasteiger charge is 2.04. The van der Waals surface area contributed by atoms with Crippen molar-refractivity contribution in [2.24, 2.45) is 0 Å². The molecule has 0 atom stereocenters. The molecule has 2 nitrogen and oxygen atoms in total. The number of unbranched alkanes of at least 4 members (excludes halogenated alkanes) is 1. The molecule has 14 heavy (non-hydrogen) atoms. The van der Waals surface area contributed by atoms with Crippen LogP contribution in [0.25, 0.3) is 0 Å². The van der Waals surface area contributed by atoms with Crippen LogP contribution >= 0.6 is 0 Å². The lowest BCUT2D eigenvalue weighted by molar-refractivity contribution is -0.107. The molecule has 0 spiro atoms. The first-order valence-electron chi connectivity index (χ1n) is 4.85. The average molecular weight is 192 g/mol. The van der Waals surface area contributed by atoms with Crippen LogP contribution in [0.3, 0.4) is 0 Å². The molecule has 0 bridgehead atoms. The van der Waals surface area contributed by atoms with E-state index in [-0.39, 0.29) is 0 Å². The van der Waals surface area contributed by atoms with Crippen molar-refractivity contribution in [1.82, 2.24) is 0 Å². The summed E-state index contributed by atoms with van der Waals surface area (Å²) in [4.78, 5) is 10.2. The summed E-state index contributed by atoms with van der Waals surface area (Å²) in [7, 11) is 1.69. The Balaban J connectivity index is 2.74. The zero-order valence-corrected chi connectivity index (χ0v) is 8.75. The van der Waals surface area contributed by atoms with Crippen molar-refractivity contribution >= 4 is 6.29 Å². The minimum absolute atomic E-state index is 0.622. The van der Waals surface area contributed by atoms with Gasteiger partial charge in [0.25, 0.3) is 0 Å². The van der Waals surface area contributed by atoms with Gasteiger partial charge in [-0.25, -0.2) is 0 Å². The van der Waals surface area contributed by atoms with Crippen LogP contribution in [0.15, 0.2) is 18.2 Å². The van der Waals surface area contributed by atoms with E-state index in [1.54, 1.807) is 7.11 Å². The standard InChI is InChI=1S/C12H16O2/c1-10-6-5-8-11(12(10)14-2)7-3-4-9-13/h5-6,8-9H,3-4,7H2,1-2H3. The minimum atomic E-state index is 0.622. The molecule has 0 radical (unpaired) electrons. The Morgan fingerprint density at radius 2 is 2.21 bits per heavy atom. The van der Waals surface area contributed by atoms with Crippen LogP contribution in [-0.2, 0) is 11.2 Å². The first kappa shape index (κ1) is 10.8. The molecule has 0 saturated carbocycles. The predicted molar refractivity (Wildman–Crippen MR) is 56.7 cm³/mol. The van der Waals surface area contributed by atoms with E-state index in [4.69, 9.17) is 4.74 Å². The van der Waals surface area contributed by atoms with Crippen LogP contribution in [0, 0.1) is 6.92 Å². The van der Waals surface area contributed by atoms with Crippen LogP contribution < -0.4 is 4.74 Å². The van der Waals surface area contributed by atoms with Crippen molar-refractivity contribution in [2.75, 3.05) is 7.11 Å². The van der Waals surface area contributed by atoms with Gasteiger partial charge in [-0.3, -0.25) is 0 Å². The average Bonchev–Trinajstić information content (AvgIpc) is 2.18. The molecule has 0 aromatic heterocycles. The smallest absolute Gasteiger partial charge is 0.124 e. The molecule has 0 heterocycles. The van der Waals surface area contributed by atoms with Crippen LogP contribution in [-0.4, -0.2) is 13.4 Å². The highest BCUT2D eigenvalue weighted by molar-refractivity contribution is 5.49. The summed E-state index contributed by atoms with van der Waals surface area (Å²) in [5, 5.41) is 0. The fraction of sp³-hybridized carbons (Fsp3) is 0.417. The second-order valence-electron chi connectivity index (χ2n) is 3.33. The van der Waals surface area contributed by atoms with E-state index in [1.807, 2.05) is 19.1 Å². The molecule has 0 N–H and O–H groups in total. The van der Waals surface area contributed by atoms with Crippen LogP contribution in [0.5, 0.6) is 5.75 Å². The molecule has 0 aliphatic carbocycles. The Bertz CT molecular complexity index is 305. The van der Waals surface area contributed by atoms with Gasteiger partial charge in [0.05, 0.1) is 7.11 Å². The lowest BCUT2D eigenvalue weighted by Gasteiger charge is -2.10. The number of hydrogen-bond acceptors (Lipinski definition) is 2. The van der Waals surface area contributed by atoms with Gasteiger partial charge in [-0.15, -0.1) is 0 Å². The number of aldehydes is 1. The number of hydrogen-bond donors (Lipinski definition) is 0. The summed E-state index contributed by atoms with van der Waals surface area (Å²) >= 11 is 0. The number of aryl methyl sites for hydroxylation is 2.